The van der Waals surface area contributed by atoms with Crippen LogP contribution in [-0.2, 0) is 11.2 Å². The van der Waals surface area contributed by atoms with E-state index in [0.29, 0.717) is 23.8 Å². The predicted molar refractivity (Wildman–Crippen MR) is 106 cm³/mol. The van der Waals surface area contributed by atoms with E-state index in [9.17, 15) is 9.18 Å². The first-order valence-electron chi connectivity index (χ1n) is 8.57. The van der Waals surface area contributed by atoms with Gasteiger partial charge in [-0.1, -0.05) is 18.2 Å². The molecule has 0 aliphatic rings. The molecule has 2 aromatic rings. The topological polar surface area (TPSA) is 50.4 Å². The number of carbonyl (C=O) groups excluding carboxylic acids is 1. The van der Waals surface area contributed by atoms with Crippen molar-refractivity contribution in [2.75, 3.05) is 18.5 Å². The fourth-order valence-corrected chi connectivity index (χ4v) is 2.73. The Morgan fingerprint density at radius 1 is 1.19 bits per heavy atom. The van der Waals surface area contributed by atoms with E-state index in [1.807, 2.05) is 13.0 Å². The molecule has 0 radical (unpaired) electrons. The molecule has 2 N–H and O–H groups in total. The SMILES string of the molecule is CCOC(=O)c1cccc(NC(=S)NCCCc2ccc(F)cc2)c1C. The van der Waals surface area contributed by atoms with Gasteiger partial charge in [0.1, 0.15) is 5.82 Å². The maximum atomic E-state index is 12.9. The van der Waals surface area contributed by atoms with Gasteiger partial charge < -0.3 is 15.4 Å². The smallest absolute Gasteiger partial charge is 0.338 e. The van der Waals surface area contributed by atoms with Crippen molar-refractivity contribution in [3.63, 3.8) is 0 Å². The summed E-state index contributed by atoms with van der Waals surface area (Å²) in [5.41, 5.74) is 3.18. The molecule has 0 spiro atoms. The highest BCUT2D eigenvalue weighted by Gasteiger charge is 2.13. The van der Waals surface area contributed by atoms with Crippen LogP contribution in [0.1, 0.15) is 34.8 Å². The zero-order valence-electron chi connectivity index (χ0n) is 15.0. The second-order valence-corrected chi connectivity index (χ2v) is 6.22. The van der Waals surface area contributed by atoms with Crippen molar-refractivity contribution in [3.8, 4) is 0 Å². The van der Waals surface area contributed by atoms with Crippen LogP contribution in [0.15, 0.2) is 42.5 Å². The third-order valence-corrected chi connectivity index (χ3v) is 4.16. The number of benzene rings is 2. The standard InChI is InChI=1S/C20H23FN2O2S/c1-3-25-19(24)17-7-4-8-18(14(17)2)23-20(26)22-13-5-6-15-9-11-16(21)12-10-15/h4,7-12H,3,5-6,13H2,1-2H3,(H2,22,23,26). The van der Waals surface area contributed by atoms with Gasteiger partial charge in [0, 0.05) is 12.2 Å². The molecule has 6 heteroatoms. The number of anilines is 1. The number of thiocarbonyl (C=S) groups is 1. The zero-order chi connectivity index (χ0) is 18.9. The molecule has 0 aliphatic heterocycles. The van der Waals surface area contributed by atoms with Gasteiger partial charge in [0.05, 0.1) is 12.2 Å². The summed E-state index contributed by atoms with van der Waals surface area (Å²) >= 11 is 5.32. The second-order valence-electron chi connectivity index (χ2n) is 5.81. The Hall–Kier alpha value is -2.47. The van der Waals surface area contributed by atoms with Crippen LogP contribution in [0.2, 0.25) is 0 Å². The van der Waals surface area contributed by atoms with Crippen molar-refractivity contribution < 1.29 is 13.9 Å². The van der Waals surface area contributed by atoms with Crippen molar-refractivity contribution >= 4 is 29.0 Å². The number of hydrogen-bond acceptors (Lipinski definition) is 3. The lowest BCUT2D eigenvalue weighted by atomic mass is 10.1. The fraction of sp³-hybridized carbons (Fsp3) is 0.300. The van der Waals surface area contributed by atoms with Crippen molar-refractivity contribution in [1.29, 1.82) is 0 Å². The molecule has 0 aromatic heterocycles. The molecular formula is C20H23FN2O2S. The summed E-state index contributed by atoms with van der Waals surface area (Å²) in [6, 6.07) is 11.9. The molecular weight excluding hydrogens is 351 g/mol. The maximum absolute atomic E-state index is 12.9. The summed E-state index contributed by atoms with van der Waals surface area (Å²) in [5, 5.41) is 6.75. The van der Waals surface area contributed by atoms with Crippen LogP contribution in [-0.4, -0.2) is 24.2 Å². The minimum atomic E-state index is -0.341. The van der Waals surface area contributed by atoms with Crippen LogP contribution in [0.25, 0.3) is 0 Å². The molecule has 0 bridgehead atoms. The van der Waals surface area contributed by atoms with Crippen molar-refractivity contribution in [2.45, 2.75) is 26.7 Å². The minimum Gasteiger partial charge on any atom is -0.462 e. The van der Waals surface area contributed by atoms with Gasteiger partial charge in [-0.05, 0) is 74.3 Å². The van der Waals surface area contributed by atoms with Crippen LogP contribution in [0.5, 0.6) is 0 Å². The van der Waals surface area contributed by atoms with E-state index < -0.39 is 0 Å². The normalized spacial score (nSPS) is 10.3. The highest BCUT2D eigenvalue weighted by atomic mass is 32.1. The highest BCUT2D eigenvalue weighted by molar-refractivity contribution is 7.80. The first-order valence-corrected chi connectivity index (χ1v) is 8.98. The van der Waals surface area contributed by atoms with Crippen LogP contribution in [0.4, 0.5) is 10.1 Å². The average Bonchev–Trinajstić information content (AvgIpc) is 2.62. The Morgan fingerprint density at radius 3 is 2.62 bits per heavy atom. The lowest BCUT2D eigenvalue weighted by molar-refractivity contribution is 0.0525. The monoisotopic (exact) mass is 374 g/mol. The average molecular weight is 374 g/mol. The summed E-state index contributed by atoms with van der Waals surface area (Å²) in [4.78, 5) is 11.9. The zero-order valence-corrected chi connectivity index (χ0v) is 15.8. The van der Waals surface area contributed by atoms with Gasteiger partial charge in [-0.3, -0.25) is 0 Å². The molecule has 0 aliphatic carbocycles. The Balaban J connectivity index is 1.83. The van der Waals surface area contributed by atoms with E-state index in [1.54, 1.807) is 31.2 Å². The highest BCUT2D eigenvalue weighted by Crippen LogP contribution is 2.19. The summed E-state index contributed by atoms with van der Waals surface area (Å²) < 4.78 is 17.9. The van der Waals surface area contributed by atoms with Gasteiger partial charge in [0.2, 0.25) is 0 Å². The Kier molecular flexibility index (Phi) is 7.53. The number of aryl methyl sites for hydroxylation is 1. The van der Waals surface area contributed by atoms with E-state index in [2.05, 4.69) is 10.6 Å². The van der Waals surface area contributed by atoms with Crippen LogP contribution < -0.4 is 10.6 Å². The Morgan fingerprint density at radius 2 is 1.92 bits per heavy atom. The molecule has 2 rings (SSSR count). The lowest BCUT2D eigenvalue weighted by Crippen LogP contribution is -2.30. The second kappa shape index (κ2) is 9.87. The number of halogens is 1. The molecule has 0 saturated heterocycles. The Labute approximate surface area is 158 Å². The minimum absolute atomic E-state index is 0.224. The van der Waals surface area contributed by atoms with E-state index in [1.165, 1.54) is 12.1 Å². The number of esters is 1. The largest absolute Gasteiger partial charge is 0.462 e. The quantitative estimate of drug-likeness (QED) is 0.431. The first kappa shape index (κ1) is 19.8. The lowest BCUT2D eigenvalue weighted by Gasteiger charge is -2.14. The third kappa shape index (κ3) is 5.81. The number of hydrogen-bond donors (Lipinski definition) is 2. The molecule has 0 unspecified atom stereocenters. The summed E-state index contributed by atoms with van der Waals surface area (Å²) in [5.74, 6) is -0.565. The molecule has 0 saturated carbocycles. The van der Waals surface area contributed by atoms with Gasteiger partial charge in [-0.15, -0.1) is 0 Å². The molecule has 0 heterocycles. The molecule has 0 amide bonds. The van der Waals surface area contributed by atoms with Gasteiger partial charge in [-0.25, -0.2) is 9.18 Å². The molecule has 0 fully saturated rings. The summed E-state index contributed by atoms with van der Waals surface area (Å²) in [7, 11) is 0. The van der Waals surface area contributed by atoms with E-state index in [-0.39, 0.29) is 11.8 Å². The first-order chi connectivity index (χ1) is 12.5. The van der Waals surface area contributed by atoms with Crippen LogP contribution in [0.3, 0.4) is 0 Å². The van der Waals surface area contributed by atoms with E-state index in [4.69, 9.17) is 17.0 Å². The van der Waals surface area contributed by atoms with E-state index in [0.717, 1.165) is 29.7 Å². The number of ether oxygens (including phenoxy) is 1. The molecule has 138 valence electrons. The van der Waals surface area contributed by atoms with Crippen LogP contribution in [0, 0.1) is 12.7 Å². The third-order valence-electron chi connectivity index (χ3n) is 3.92. The summed E-state index contributed by atoms with van der Waals surface area (Å²) in [6.45, 7) is 4.66. The van der Waals surface area contributed by atoms with Crippen molar-refractivity contribution in [1.82, 2.24) is 5.32 Å². The molecule has 26 heavy (non-hydrogen) atoms. The number of rotatable bonds is 7. The Bertz CT molecular complexity index is 763. The molecule has 0 atom stereocenters. The van der Waals surface area contributed by atoms with Crippen LogP contribution >= 0.6 is 12.2 Å². The fourth-order valence-electron chi connectivity index (χ4n) is 2.51. The number of nitrogens with one attached hydrogen (secondary N) is 2. The molecule has 2 aromatic carbocycles. The number of carbonyl (C=O) groups is 1. The van der Waals surface area contributed by atoms with Gasteiger partial charge in [0.25, 0.3) is 0 Å². The van der Waals surface area contributed by atoms with Gasteiger partial charge in [0.15, 0.2) is 5.11 Å². The maximum Gasteiger partial charge on any atom is 0.338 e. The van der Waals surface area contributed by atoms with Crippen molar-refractivity contribution in [3.05, 3.63) is 65.0 Å². The predicted octanol–water partition coefficient (Wildman–Crippen LogP) is 4.23. The van der Waals surface area contributed by atoms with Gasteiger partial charge >= 0.3 is 5.97 Å². The van der Waals surface area contributed by atoms with E-state index >= 15 is 0 Å². The van der Waals surface area contributed by atoms with Crippen molar-refractivity contribution in [2.24, 2.45) is 0 Å². The molecule has 4 nitrogen and oxygen atoms in total. The van der Waals surface area contributed by atoms with Gasteiger partial charge in [-0.2, -0.15) is 0 Å². The summed E-state index contributed by atoms with van der Waals surface area (Å²) in [6.07, 6.45) is 1.71.